The molecule has 4 heteroatoms. The molecule has 2 aliphatic rings. The fraction of sp³-hybridized carbons (Fsp3) is 0.938. The maximum atomic E-state index is 12.5. The lowest BCUT2D eigenvalue weighted by Crippen LogP contribution is -2.55. The van der Waals surface area contributed by atoms with Crippen LogP contribution in [0, 0.1) is 0 Å². The Labute approximate surface area is 123 Å². The average Bonchev–Trinajstić information content (AvgIpc) is 2.98. The maximum Gasteiger partial charge on any atom is 0.237 e. The van der Waals surface area contributed by atoms with Crippen LogP contribution in [0.25, 0.3) is 0 Å². The number of amides is 1. The summed E-state index contributed by atoms with van der Waals surface area (Å²) in [5, 5.41) is 6.72. The number of piperidine rings is 1. The summed E-state index contributed by atoms with van der Waals surface area (Å²) in [7, 11) is 0. The van der Waals surface area contributed by atoms with Crippen molar-refractivity contribution in [2.75, 3.05) is 19.6 Å². The van der Waals surface area contributed by atoms with Gasteiger partial charge in [-0.3, -0.25) is 9.69 Å². The molecule has 0 bridgehead atoms. The van der Waals surface area contributed by atoms with Gasteiger partial charge in [0.2, 0.25) is 5.91 Å². The lowest BCUT2D eigenvalue weighted by atomic mass is 10.0. The maximum absolute atomic E-state index is 12.5. The summed E-state index contributed by atoms with van der Waals surface area (Å²) in [6, 6.07) is 0.950. The van der Waals surface area contributed by atoms with Crippen molar-refractivity contribution in [3.05, 3.63) is 0 Å². The average molecular weight is 281 g/mol. The Morgan fingerprint density at radius 3 is 2.65 bits per heavy atom. The first-order valence-corrected chi connectivity index (χ1v) is 8.49. The van der Waals surface area contributed by atoms with Crippen molar-refractivity contribution in [3.8, 4) is 0 Å². The molecule has 0 aromatic carbocycles. The monoisotopic (exact) mass is 281 g/mol. The molecule has 20 heavy (non-hydrogen) atoms. The molecule has 1 amide bonds. The first-order valence-electron chi connectivity index (χ1n) is 8.49. The summed E-state index contributed by atoms with van der Waals surface area (Å²) >= 11 is 0. The van der Waals surface area contributed by atoms with E-state index in [-0.39, 0.29) is 11.9 Å². The number of hydrogen-bond donors (Lipinski definition) is 2. The van der Waals surface area contributed by atoms with E-state index >= 15 is 0 Å². The molecule has 116 valence electrons. The Bertz CT molecular complexity index is 296. The topological polar surface area (TPSA) is 44.4 Å². The molecular weight excluding hydrogens is 250 g/mol. The van der Waals surface area contributed by atoms with Crippen molar-refractivity contribution < 1.29 is 4.79 Å². The Kier molecular flexibility index (Phi) is 6.30. The zero-order valence-electron chi connectivity index (χ0n) is 13.2. The first-order chi connectivity index (χ1) is 9.72. The number of carbonyl (C=O) groups is 1. The van der Waals surface area contributed by atoms with E-state index in [0.29, 0.717) is 12.1 Å². The standard InChI is InChI=1S/C16H31N3O/c1-3-11-19(15-9-6-10-17-12-15)13(2)16(20)18-14-7-4-5-8-14/h13-15,17H,3-12H2,1-2H3,(H,18,20). The second-order valence-electron chi connectivity index (χ2n) is 6.40. The normalized spacial score (nSPS) is 25.9. The van der Waals surface area contributed by atoms with E-state index in [1.165, 1.54) is 25.7 Å². The van der Waals surface area contributed by atoms with E-state index < -0.39 is 0 Å². The van der Waals surface area contributed by atoms with Crippen molar-refractivity contribution in [2.24, 2.45) is 0 Å². The number of rotatable bonds is 6. The van der Waals surface area contributed by atoms with Gasteiger partial charge < -0.3 is 10.6 Å². The van der Waals surface area contributed by atoms with Gasteiger partial charge in [0, 0.05) is 18.6 Å². The molecule has 2 fully saturated rings. The van der Waals surface area contributed by atoms with E-state index in [0.717, 1.165) is 38.9 Å². The van der Waals surface area contributed by atoms with Crippen LogP contribution in [0.4, 0.5) is 0 Å². The third-order valence-electron chi connectivity index (χ3n) is 4.80. The Morgan fingerprint density at radius 1 is 1.30 bits per heavy atom. The molecule has 1 heterocycles. The van der Waals surface area contributed by atoms with Gasteiger partial charge in [0.25, 0.3) is 0 Å². The third-order valence-corrected chi connectivity index (χ3v) is 4.80. The van der Waals surface area contributed by atoms with Gasteiger partial charge in [-0.05, 0) is 52.1 Å². The van der Waals surface area contributed by atoms with Gasteiger partial charge in [-0.2, -0.15) is 0 Å². The van der Waals surface area contributed by atoms with Crippen molar-refractivity contribution in [3.63, 3.8) is 0 Å². The predicted octanol–water partition coefficient (Wildman–Crippen LogP) is 1.90. The van der Waals surface area contributed by atoms with Crippen LogP contribution >= 0.6 is 0 Å². The highest BCUT2D eigenvalue weighted by Gasteiger charge is 2.29. The van der Waals surface area contributed by atoms with Crippen molar-refractivity contribution in [1.29, 1.82) is 0 Å². The molecule has 4 nitrogen and oxygen atoms in total. The molecule has 1 aliphatic heterocycles. The van der Waals surface area contributed by atoms with Gasteiger partial charge in [-0.15, -0.1) is 0 Å². The summed E-state index contributed by atoms with van der Waals surface area (Å²) in [4.78, 5) is 14.9. The number of nitrogens with zero attached hydrogens (tertiary/aromatic N) is 1. The largest absolute Gasteiger partial charge is 0.352 e. The second-order valence-corrected chi connectivity index (χ2v) is 6.40. The molecule has 2 atom stereocenters. The van der Waals surface area contributed by atoms with Crippen molar-refractivity contribution >= 4 is 5.91 Å². The van der Waals surface area contributed by atoms with Gasteiger partial charge in [0.05, 0.1) is 6.04 Å². The lowest BCUT2D eigenvalue weighted by molar-refractivity contribution is -0.127. The van der Waals surface area contributed by atoms with E-state index in [2.05, 4.69) is 29.4 Å². The molecule has 1 saturated carbocycles. The van der Waals surface area contributed by atoms with Crippen LogP contribution in [0.2, 0.25) is 0 Å². The minimum Gasteiger partial charge on any atom is -0.352 e. The summed E-state index contributed by atoms with van der Waals surface area (Å²) in [6.07, 6.45) is 8.41. The number of nitrogens with one attached hydrogen (secondary N) is 2. The van der Waals surface area contributed by atoms with Gasteiger partial charge in [-0.1, -0.05) is 19.8 Å². The smallest absolute Gasteiger partial charge is 0.237 e. The first kappa shape index (κ1) is 15.8. The zero-order valence-corrected chi connectivity index (χ0v) is 13.2. The van der Waals surface area contributed by atoms with E-state index in [1.54, 1.807) is 0 Å². The van der Waals surface area contributed by atoms with Gasteiger partial charge in [-0.25, -0.2) is 0 Å². The minimum atomic E-state index is 0.000417. The highest BCUT2D eigenvalue weighted by molar-refractivity contribution is 5.81. The predicted molar refractivity (Wildman–Crippen MR) is 82.7 cm³/mol. The van der Waals surface area contributed by atoms with Gasteiger partial charge in [0.1, 0.15) is 0 Å². The van der Waals surface area contributed by atoms with Crippen LogP contribution in [-0.2, 0) is 4.79 Å². The Balaban J connectivity index is 1.90. The molecule has 0 aromatic rings. The van der Waals surface area contributed by atoms with Crippen LogP contribution in [0.1, 0.15) is 58.8 Å². The zero-order chi connectivity index (χ0) is 14.4. The van der Waals surface area contributed by atoms with Crippen molar-refractivity contribution in [2.45, 2.75) is 76.9 Å². The van der Waals surface area contributed by atoms with Crippen LogP contribution in [0.15, 0.2) is 0 Å². The molecule has 0 radical (unpaired) electrons. The summed E-state index contributed by atoms with van der Waals surface area (Å²) in [5.41, 5.74) is 0. The van der Waals surface area contributed by atoms with Gasteiger partial charge in [0.15, 0.2) is 0 Å². The highest BCUT2D eigenvalue weighted by Crippen LogP contribution is 2.19. The second kappa shape index (κ2) is 7.99. The summed E-state index contributed by atoms with van der Waals surface area (Å²) < 4.78 is 0. The van der Waals surface area contributed by atoms with Crippen LogP contribution in [-0.4, -0.2) is 48.6 Å². The molecule has 2 N–H and O–H groups in total. The number of hydrogen-bond acceptors (Lipinski definition) is 3. The molecule has 2 rings (SSSR count). The molecule has 1 aliphatic carbocycles. The summed E-state index contributed by atoms with van der Waals surface area (Å²) in [6.45, 7) is 7.45. The molecule has 1 saturated heterocycles. The quantitative estimate of drug-likeness (QED) is 0.781. The molecule has 2 unspecified atom stereocenters. The Morgan fingerprint density at radius 2 is 2.05 bits per heavy atom. The Hall–Kier alpha value is -0.610. The molecule has 0 aromatic heterocycles. The van der Waals surface area contributed by atoms with Crippen LogP contribution in [0.3, 0.4) is 0 Å². The van der Waals surface area contributed by atoms with E-state index in [9.17, 15) is 4.79 Å². The van der Waals surface area contributed by atoms with Crippen LogP contribution in [0.5, 0.6) is 0 Å². The fourth-order valence-corrected chi connectivity index (χ4v) is 3.61. The third kappa shape index (κ3) is 4.19. The summed E-state index contributed by atoms with van der Waals surface area (Å²) in [5.74, 6) is 0.232. The van der Waals surface area contributed by atoms with Crippen LogP contribution < -0.4 is 10.6 Å². The SMILES string of the molecule is CCCN(C1CCCNC1)C(C)C(=O)NC1CCCC1. The lowest BCUT2D eigenvalue weighted by Gasteiger charge is -2.38. The van der Waals surface area contributed by atoms with Crippen molar-refractivity contribution in [1.82, 2.24) is 15.5 Å². The fourth-order valence-electron chi connectivity index (χ4n) is 3.61. The van der Waals surface area contributed by atoms with E-state index in [4.69, 9.17) is 0 Å². The molecular formula is C16H31N3O. The highest BCUT2D eigenvalue weighted by atomic mass is 16.2. The molecule has 0 spiro atoms. The number of carbonyl (C=O) groups excluding carboxylic acids is 1. The minimum absolute atomic E-state index is 0.000417. The van der Waals surface area contributed by atoms with Gasteiger partial charge >= 0.3 is 0 Å². The van der Waals surface area contributed by atoms with E-state index in [1.807, 2.05) is 0 Å².